The summed E-state index contributed by atoms with van der Waals surface area (Å²) in [5, 5.41) is 0. The second-order valence-electron chi connectivity index (χ2n) is 11.2. The van der Waals surface area contributed by atoms with E-state index in [2.05, 4.69) is 127 Å². The molecule has 0 radical (unpaired) electrons. The molecule has 0 aliphatic carbocycles. The number of nitrogens with zero attached hydrogens (tertiary/aromatic N) is 3. The van der Waals surface area contributed by atoms with E-state index in [-0.39, 0.29) is 0 Å². The average Bonchev–Trinajstić information content (AvgIpc) is 3.38. The largest absolute Gasteiger partial charge is 0.342 e. The van der Waals surface area contributed by atoms with Crippen molar-refractivity contribution in [3.8, 4) is 11.4 Å². The number of nitrogens with one attached hydrogen (secondary N) is 1. The predicted octanol–water partition coefficient (Wildman–Crippen LogP) is 7.70. The molecule has 3 aromatic carbocycles. The number of H-pyrrole nitrogens is 1. The van der Waals surface area contributed by atoms with E-state index in [1.807, 2.05) is 0 Å². The van der Waals surface area contributed by atoms with Crippen LogP contribution in [0, 0.1) is 12.8 Å². The number of rotatable bonds is 11. The molecule has 1 aromatic heterocycles. The molecule has 0 saturated carbocycles. The Hall–Kier alpha value is -3.21. The Labute approximate surface area is 235 Å². The lowest BCUT2D eigenvalue weighted by Gasteiger charge is -2.41. The second-order valence-corrected chi connectivity index (χ2v) is 11.2. The highest BCUT2D eigenvalue weighted by Crippen LogP contribution is 2.34. The summed E-state index contributed by atoms with van der Waals surface area (Å²) in [6.07, 6.45) is 3.54. The van der Waals surface area contributed by atoms with E-state index >= 15 is 0 Å². The lowest BCUT2D eigenvalue weighted by atomic mass is 9.87. The van der Waals surface area contributed by atoms with E-state index in [0.717, 1.165) is 50.5 Å². The average molecular weight is 521 g/mol. The van der Waals surface area contributed by atoms with E-state index in [9.17, 15) is 0 Å². The van der Waals surface area contributed by atoms with E-state index in [4.69, 9.17) is 4.98 Å². The minimum atomic E-state index is 0.353. The molecular weight excluding hydrogens is 476 g/mol. The van der Waals surface area contributed by atoms with Crippen LogP contribution in [0.3, 0.4) is 0 Å². The van der Waals surface area contributed by atoms with E-state index in [1.165, 1.54) is 35.4 Å². The highest BCUT2D eigenvalue weighted by Gasteiger charge is 2.31. The zero-order valence-corrected chi connectivity index (χ0v) is 23.9. The van der Waals surface area contributed by atoms with Crippen molar-refractivity contribution in [3.05, 3.63) is 114 Å². The van der Waals surface area contributed by atoms with Gasteiger partial charge in [0.25, 0.3) is 0 Å². The maximum absolute atomic E-state index is 5.16. The standard InChI is InChI=1S/C35H44N4/c1-4-27(2)34(33-28(3)36-35(37-33)31-19-12-7-13-20-31)39-25-23-38(24-26-39)22-14-21-32(29-15-8-5-9-16-29)30-17-10-6-11-18-30/h5-13,15-20,27,32,34H,4,14,21-26H2,1-3H3,(H,36,37). The van der Waals surface area contributed by atoms with Crippen LogP contribution >= 0.6 is 0 Å². The van der Waals surface area contributed by atoms with Gasteiger partial charge >= 0.3 is 0 Å². The zero-order valence-electron chi connectivity index (χ0n) is 23.9. The minimum absolute atomic E-state index is 0.353. The van der Waals surface area contributed by atoms with Crippen molar-refractivity contribution >= 4 is 0 Å². The van der Waals surface area contributed by atoms with Crippen molar-refractivity contribution < 1.29 is 0 Å². The Balaban J connectivity index is 1.21. The van der Waals surface area contributed by atoms with Crippen LogP contribution < -0.4 is 0 Å². The zero-order chi connectivity index (χ0) is 27.0. The lowest BCUT2D eigenvalue weighted by molar-refractivity contribution is 0.0683. The molecule has 204 valence electrons. The monoisotopic (exact) mass is 520 g/mol. The second kappa shape index (κ2) is 13.2. The van der Waals surface area contributed by atoms with Crippen LogP contribution in [0.15, 0.2) is 91.0 Å². The number of hydrogen-bond acceptors (Lipinski definition) is 3. The summed E-state index contributed by atoms with van der Waals surface area (Å²) in [6, 6.07) is 32.9. The van der Waals surface area contributed by atoms with Crippen molar-refractivity contribution in [3.63, 3.8) is 0 Å². The first-order chi connectivity index (χ1) is 19.1. The fraction of sp³-hybridized carbons (Fsp3) is 0.400. The summed E-state index contributed by atoms with van der Waals surface area (Å²) in [4.78, 5) is 14.1. The molecule has 4 heteroatoms. The van der Waals surface area contributed by atoms with Crippen molar-refractivity contribution in [2.24, 2.45) is 5.92 Å². The van der Waals surface area contributed by atoms with Crippen molar-refractivity contribution in [1.29, 1.82) is 0 Å². The maximum Gasteiger partial charge on any atom is 0.137 e. The fourth-order valence-electron chi connectivity index (χ4n) is 6.20. The number of hydrogen-bond donors (Lipinski definition) is 1. The molecule has 39 heavy (non-hydrogen) atoms. The topological polar surface area (TPSA) is 35.2 Å². The van der Waals surface area contributed by atoms with Crippen LogP contribution in [0.5, 0.6) is 0 Å². The highest BCUT2D eigenvalue weighted by atomic mass is 15.3. The highest BCUT2D eigenvalue weighted by molar-refractivity contribution is 5.55. The summed E-state index contributed by atoms with van der Waals surface area (Å²) in [5.74, 6) is 2.01. The number of benzene rings is 3. The number of aromatic amines is 1. The van der Waals surface area contributed by atoms with Gasteiger partial charge in [-0.3, -0.25) is 4.90 Å². The first-order valence-corrected chi connectivity index (χ1v) is 14.8. The molecule has 5 rings (SSSR count). The molecule has 1 fully saturated rings. The van der Waals surface area contributed by atoms with E-state index in [0.29, 0.717) is 17.9 Å². The maximum atomic E-state index is 5.16. The molecule has 0 spiro atoms. The molecule has 0 bridgehead atoms. The van der Waals surface area contributed by atoms with E-state index < -0.39 is 0 Å². The molecule has 1 aliphatic rings. The summed E-state index contributed by atoms with van der Waals surface area (Å²) in [5.41, 5.74) is 6.44. The van der Waals surface area contributed by atoms with Gasteiger partial charge in [-0.25, -0.2) is 4.98 Å². The van der Waals surface area contributed by atoms with Gasteiger partial charge in [0.2, 0.25) is 0 Å². The number of piperazine rings is 1. The van der Waals surface area contributed by atoms with Crippen LogP contribution in [-0.2, 0) is 0 Å². The SMILES string of the molecule is CCC(C)C(c1nc(-c2ccccc2)[nH]c1C)N1CCN(CCCC(c2ccccc2)c2ccccc2)CC1. The van der Waals surface area contributed by atoms with Crippen LogP contribution in [-0.4, -0.2) is 52.5 Å². The molecule has 4 nitrogen and oxygen atoms in total. The number of imidazole rings is 1. The Morgan fingerprint density at radius 1 is 0.795 bits per heavy atom. The van der Waals surface area contributed by atoms with Gasteiger partial charge in [-0.1, -0.05) is 111 Å². The Bertz CT molecular complexity index is 1220. The molecule has 2 unspecified atom stereocenters. The third-order valence-corrected chi connectivity index (χ3v) is 8.60. The molecule has 1 saturated heterocycles. The van der Waals surface area contributed by atoms with Gasteiger partial charge in [0.05, 0.1) is 11.7 Å². The number of aryl methyl sites for hydroxylation is 1. The van der Waals surface area contributed by atoms with Gasteiger partial charge in [-0.05, 0) is 43.4 Å². The van der Waals surface area contributed by atoms with Crippen LogP contribution in [0.4, 0.5) is 0 Å². The Morgan fingerprint density at radius 2 is 1.36 bits per heavy atom. The molecule has 2 atom stereocenters. The smallest absolute Gasteiger partial charge is 0.137 e. The van der Waals surface area contributed by atoms with Gasteiger partial charge in [-0.2, -0.15) is 0 Å². The van der Waals surface area contributed by atoms with Gasteiger partial charge < -0.3 is 9.88 Å². The molecule has 1 aliphatic heterocycles. The molecule has 4 aromatic rings. The molecule has 2 heterocycles. The van der Waals surface area contributed by atoms with Crippen molar-refractivity contribution in [2.45, 2.75) is 52.0 Å². The predicted molar refractivity (Wildman–Crippen MR) is 163 cm³/mol. The van der Waals surface area contributed by atoms with Crippen LogP contribution in [0.25, 0.3) is 11.4 Å². The summed E-state index contributed by atoms with van der Waals surface area (Å²) >= 11 is 0. The normalized spacial score (nSPS) is 16.4. The minimum Gasteiger partial charge on any atom is -0.342 e. The third-order valence-electron chi connectivity index (χ3n) is 8.60. The molecular formula is C35H44N4. The van der Waals surface area contributed by atoms with Gasteiger partial charge in [0, 0.05) is 43.4 Å². The van der Waals surface area contributed by atoms with E-state index in [1.54, 1.807) is 0 Å². The van der Waals surface area contributed by atoms with Crippen molar-refractivity contribution in [2.75, 3.05) is 32.7 Å². The molecule has 0 amide bonds. The third kappa shape index (κ3) is 6.69. The first-order valence-electron chi connectivity index (χ1n) is 14.8. The Morgan fingerprint density at radius 3 is 1.92 bits per heavy atom. The van der Waals surface area contributed by atoms with Crippen LogP contribution in [0.2, 0.25) is 0 Å². The lowest BCUT2D eigenvalue weighted by Crippen LogP contribution is -2.49. The quantitative estimate of drug-likeness (QED) is 0.220. The van der Waals surface area contributed by atoms with Gasteiger partial charge in [-0.15, -0.1) is 0 Å². The van der Waals surface area contributed by atoms with Crippen molar-refractivity contribution in [1.82, 2.24) is 19.8 Å². The first kappa shape index (κ1) is 27.4. The Kier molecular flexibility index (Phi) is 9.28. The molecule has 1 N–H and O–H groups in total. The van der Waals surface area contributed by atoms with Crippen LogP contribution in [0.1, 0.15) is 67.6 Å². The van der Waals surface area contributed by atoms with Gasteiger partial charge in [0.15, 0.2) is 0 Å². The van der Waals surface area contributed by atoms with Gasteiger partial charge in [0.1, 0.15) is 5.82 Å². The number of aromatic nitrogens is 2. The summed E-state index contributed by atoms with van der Waals surface area (Å²) < 4.78 is 0. The summed E-state index contributed by atoms with van der Waals surface area (Å²) in [7, 11) is 0. The summed E-state index contributed by atoms with van der Waals surface area (Å²) in [6.45, 7) is 12.5. The fourth-order valence-corrected chi connectivity index (χ4v) is 6.20.